The van der Waals surface area contributed by atoms with E-state index < -0.39 is 0 Å². The van der Waals surface area contributed by atoms with E-state index in [2.05, 4.69) is 39.4 Å². The van der Waals surface area contributed by atoms with Crippen LogP contribution in [0.15, 0.2) is 28.7 Å². The van der Waals surface area contributed by atoms with E-state index >= 15 is 0 Å². The molecule has 88 valence electrons. The lowest BCUT2D eigenvalue weighted by molar-refractivity contribution is 0.406. The highest BCUT2D eigenvalue weighted by molar-refractivity contribution is 9.10. The van der Waals surface area contributed by atoms with Gasteiger partial charge in [-0.1, -0.05) is 40.5 Å². The van der Waals surface area contributed by atoms with Crippen molar-refractivity contribution < 1.29 is 0 Å². The lowest BCUT2D eigenvalue weighted by Gasteiger charge is -2.19. The van der Waals surface area contributed by atoms with Crippen molar-refractivity contribution in [2.75, 3.05) is 6.54 Å². The van der Waals surface area contributed by atoms with Gasteiger partial charge in [0.15, 0.2) is 0 Å². The summed E-state index contributed by atoms with van der Waals surface area (Å²) in [5, 5.41) is 3.63. The first-order valence-corrected chi connectivity index (χ1v) is 6.77. The number of halogens is 1. The Morgan fingerprint density at radius 2 is 2.12 bits per heavy atom. The van der Waals surface area contributed by atoms with Gasteiger partial charge in [0, 0.05) is 17.1 Å². The minimum Gasteiger partial charge on any atom is -0.330 e. The summed E-state index contributed by atoms with van der Waals surface area (Å²) in [6.45, 7) is 1.75. The highest BCUT2D eigenvalue weighted by Crippen LogP contribution is 2.25. The molecule has 2 unspecified atom stereocenters. The van der Waals surface area contributed by atoms with Crippen LogP contribution in [0.5, 0.6) is 0 Å². The average Bonchev–Trinajstić information content (AvgIpc) is 2.75. The van der Waals surface area contributed by atoms with E-state index in [4.69, 9.17) is 5.73 Å². The van der Waals surface area contributed by atoms with Crippen molar-refractivity contribution in [2.24, 2.45) is 11.7 Å². The lowest BCUT2D eigenvalue weighted by atomic mass is 10.0. The predicted molar refractivity (Wildman–Crippen MR) is 71.2 cm³/mol. The van der Waals surface area contributed by atoms with Gasteiger partial charge in [0.2, 0.25) is 0 Å². The second kappa shape index (κ2) is 5.80. The van der Waals surface area contributed by atoms with Crippen LogP contribution in [0.3, 0.4) is 0 Å². The molecule has 0 aromatic heterocycles. The van der Waals surface area contributed by atoms with Gasteiger partial charge < -0.3 is 11.1 Å². The maximum absolute atomic E-state index is 5.77. The predicted octanol–water partition coefficient (Wildman–Crippen LogP) is 2.67. The molecule has 0 spiro atoms. The van der Waals surface area contributed by atoms with Gasteiger partial charge in [-0.2, -0.15) is 0 Å². The van der Waals surface area contributed by atoms with Crippen LogP contribution in [0.2, 0.25) is 0 Å². The molecule has 0 radical (unpaired) electrons. The summed E-state index contributed by atoms with van der Waals surface area (Å²) < 4.78 is 1.18. The van der Waals surface area contributed by atoms with Gasteiger partial charge >= 0.3 is 0 Å². The molecule has 1 aliphatic carbocycles. The fourth-order valence-corrected chi connectivity index (χ4v) is 2.90. The molecule has 0 bridgehead atoms. The molecule has 0 saturated heterocycles. The Balaban J connectivity index is 1.90. The summed E-state index contributed by atoms with van der Waals surface area (Å²) in [6.07, 6.45) is 3.87. The van der Waals surface area contributed by atoms with Crippen LogP contribution in [-0.4, -0.2) is 12.6 Å². The third kappa shape index (κ3) is 2.84. The van der Waals surface area contributed by atoms with Gasteiger partial charge in [-0.3, -0.25) is 0 Å². The van der Waals surface area contributed by atoms with E-state index in [1.807, 2.05) is 6.07 Å². The molecular weight excluding hydrogens is 264 g/mol. The summed E-state index contributed by atoms with van der Waals surface area (Å²) in [6, 6.07) is 8.98. The molecule has 1 aromatic carbocycles. The molecule has 2 rings (SSSR count). The van der Waals surface area contributed by atoms with Crippen LogP contribution >= 0.6 is 15.9 Å². The first-order chi connectivity index (χ1) is 7.81. The van der Waals surface area contributed by atoms with Gasteiger partial charge in [0.25, 0.3) is 0 Å². The van der Waals surface area contributed by atoms with Gasteiger partial charge in [0.1, 0.15) is 0 Å². The maximum Gasteiger partial charge on any atom is 0.0220 e. The van der Waals surface area contributed by atoms with Gasteiger partial charge in [-0.15, -0.1) is 0 Å². The normalized spacial score (nSPS) is 24.9. The number of benzene rings is 1. The van der Waals surface area contributed by atoms with Crippen molar-refractivity contribution in [1.29, 1.82) is 0 Å². The number of hydrogen-bond donors (Lipinski definition) is 2. The van der Waals surface area contributed by atoms with E-state index in [0.717, 1.165) is 13.1 Å². The summed E-state index contributed by atoms with van der Waals surface area (Å²) in [5.74, 6) is 0.669. The van der Waals surface area contributed by atoms with Gasteiger partial charge in [0.05, 0.1) is 0 Å². The van der Waals surface area contributed by atoms with Crippen molar-refractivity contribution in [3.8, 4) is 0 Å². The number of nitrogens with one attached hydrogen (secondary N) is 1. The second-order valence-electron chi connectivity index (χ2n) is 4.51. The van der Waals surface area contributed by atoms with E-state index in [1.165, 1.54) is 29.3 Å². The quantitative estimate of drug-likeness (QED) is 0.891. The number of nitrogens with two attached hydrogens (primary N) is 1. The Morgan fingerprint density at radius 1 is 1.31 bits per heavy atom. The highest BCUT2D eigenvalue weighted by Gasteiger charge is 2.25. The van der Waals surface area contributed by atoms with Crippen molar-refractivity contribution in [3.05, 3.63) is 34.3 Å². The molecule has 0 amide bonds. The Kier molecular flexibility index (Phi) is 4.38. The Morgan fingerprint density at radius 3 is 2.88 bits per heavy atom. The van der Waals surface area contributed by atoms with Crippen molar-refractivity contribution >= 4 is 15.9 Å². The van der Waals surface area contributed by atoms with E-state index in [9.17, 15) is 0 Å². The monoisotopic (exact) mass is 282 g/mol. The van der Waals surface area contributed by atoms with Crippen LogP contribution in [0.25, 0.3) is 0 Å². The standard InChI is InChI=1S/C13H19BrN2/c14-12-6-2-1-4-11(12)9-16-13-7-3-5-10(13)8-15/h1-2,4,6,10,13,16H,3,5,7-9,15H2. The molecule has 1 aromatic rings. The molecule has 3 heteroatoms. The van der Waals surface area contributed by atoms with Crippen LogP contribution in [0.1, 0.15) is 24.8 Å². The molecule has 3 N–H and O–H groups in total. The van der Waals surface area contributed by atoms with Crippen LogP contribution in [0, 0.1) is 5.92 Å². The first-order valence-electron chi connectivity index (χ1n) is 5.98. The topological polar surface area (TPSA) is 38.0 Å². The molecule has 2 nitrogen and oxygen atoms in total. The van der Waals surface area contributed by atoms with Crippen LogP contribution < -0.4 is 11.1 Å². The zero-order valence-electron chi connectivity index (χ0n) is 9.45. The van der Waals surface area contributed by atoms with Crippen LogP contribution in [-0.2, 0) is 6.54 Å². The van der Waals surface area contributed by atoms with E-state index in [1.54, 1.807) is 0 Å². The van der Waals surface area contributed by atoms with Crippen molar-refractivity contribution in [2.45, 2.75) is 31.8 Å². The molecule has 2 atom stereocenters. The third-order valence-electron chi connectivity index (χ3n) is 3.47. The van der Waals surface area contributed by atoms with Gasteiger partial charge in [-0.25, -0.2) is 0 Å². The smallest absolute Gasteiger partial charge is 0.0220 e. The highest BCUT2D eigenvalue weighted by atomic mass is 79.9. The molecule has 1 aliphatic rings. The molecule has 0 heterocycles. The summed E-state index contributed by atoms with van der Waals surface area (Å²) in [7, 11) is 0. The summed E-state index contributed by atoms with van der Waals surface area (Å²) in [5.41, 5.74) is 7.10. The van der Waals surface area contributed by atoms with E-state index in [-0.39, 0.29) is 0 Å². The molecular formula is C13H19BrN2. The summed E-state index contributed by atoms with van der Waals surface area (Å²) in [4.78, 5) is 0. The Labute approximate surface area is 106 Å². The van der Waals surface area contributed by atoms with Crippen molar-refractivity contribution in [1.82, 2.24) is 5.32 Å². The SMILES string of the molecule is NCC1CCCC1NCc1ccccc1Br. The Bertz CT molecular complexity index is 340. The van der Waals surface area contributed by atoms with Crippen molar-refractivity contribution in [3.63, 3.8) is 0 Å². The van der Waals surface area contributed by atoms with Gasteiger partial charge in [-0.05, 0) is 36.9 Å². The Hall–Kier alpha value is -0.380. The second-order valence-corrected chi connectivity index (χ2v) is 5.36. The summed E-state index contributed by atoms with van der Waals surface area (Å²) >= 11 is 3.57. The molecule has 0 aliphatic heterocycles. The largest absolute Gasteiger partial charge is 0.330 e. The zero-order chi connectivity index (χ0) is 11.4. The fraction of sp³-hybridized carbons (Fsp3) is 0.538. The molecule has 1 fully saturated rings. The minimum atomic E-state index is 0.608. The molecule has 16 heavy (non-hydrogen) atoms. The number of rotatable bonds is 4. The zero-order valence-corrected chi connectivity index (χ0v) is 11.0. The number of hydrogen-bond acceptors (Lipinski definition) is 2. The maximum atomic E-state index is 5.77. The third-order valence-corrected chi connectivity index (χ3v) is 4.25. The minimum absolute atomic E-state index is 0.608. The lowest BCUT2D eigenvalue weighted by Crippen LogP contribution is -2.35. The fourth-order valence-electron chi connectivity index (χ4n) is 2.47. The first kappa shape index (κ1) is 12.1. The average molecular weight is 283 g/mol. The molecule has 1 saturated carbocycles. The van der Waals surface area contributed by atoms with Crippen LogP contribution in [0.4, 0.5) is 0 Å². The van der Waals surface area contributed by atoms with E-state index in [0.29, 0.717) is 12.0 Å².